The zero-order valence-electron chi connectivity index (χ0n) is 10.6. The Morgan fingerprint density at radius 2 is 1.60 bits per heavy atom. The fourth-order valence-corrected chi connectivity index (χ4v) is 1.72. The molecule has 90 valence electrons. The van der Waals surface area contributed by atoms with Gasteiger partial charge in [0.25, 0.3) is 0 Å². The number of carbonyl (C=O) groups is 1. The summed E-state index contributed by atoms with van der Waals surface area (Å²) >= 11 is 0. The lowest BCUT2D eigenvalue weighted by atomic mass is 9.95. The number of carbonyl (C=O) groups excluding carboxylic acids is 1. The van der Waals surface area contributed by atoms with E-state index in [1.165, 1.54) is 32.1 Å². The van der Waals surface area contributed by atoms with Crippen molar-refractivity contribution in [3.63, 3.8) is 0 Å². The van der Waals surface area contributed by atoms with Gasteiger partial charge < -0.3 is 5.73 Å². The molecule has 2 nitrogen and oxygen atoms in total. The van der Waals surface area contributed by atoms with Crippen LogP contribution in [0.1, 0.15) is 65.7 Å². The Balaban J connectivity index is 3.31. The summed E-state index contributed by atoms with van der Waals surface area (Å²) in [5, 5.41) is 0. The molecule has 0 radical (unpaired) electrons. The first kappa shape index (κ1) is 14.5. The van der Waals surface area contributed by atoms with E-state index in [0.29, 0.717) is 12.3 Å². The molecule has 0 saturated carbocycles. The molecule has 2 heteroatoms. The third-order valence-electron chi connectivity index (χ3n) is 3.22. The minimum Gasteiger partial charge on any atom is -0.370 e. The van der Waals surface area contributed by atoms with Crippen molar-refractivity contribution in [3.8, 4) is 0 Å². The van der Waals surface area contributed by atoms with E-state index in [0.717, 1.165) is 12.3 Å². The summed E-state index contributed by atoms with van der Waals surface area (Å²) < 4.78 is 0. The van der Waals surface area contributed by atoms with E-state index in [-0.39, 0.29) is 5.91 Å². The molecule has 15 heavy (non-hydrogen) atoms. The molecule has 0 heterocycles. The van der Waals surface area contributed by atoms with Crippen LogP contribution in [-0.2, 0) is 4.79 Å². The van der Waals surface area contributed by atoms with Crippen molar-refractivity contribution in [2.45, 2.75) is 65.7 Å². The van der Waals surface area contributed by atoms with Crippen molar-refractivity contribution in [1.29, 1.82) is 0 Å². The zero-order chi connectivity index (χ0) is 11.7. The van der Waals surface area contributed by atoms with Crippen molar-refractivity contribution in [2.24, 2.45) is 17.6 Å². The van der Waals surface area contributed by atoms with Crippen LogP contribution in [0.2, 0.25) is 0 Å². The Morgan fingerprint density at radius 1 is 1.07 bits per heavy atom. The summed E-state index contributed by atoms with van der Waals surface area (Å²) in [6.07, 6.45) is 8.01. The molecule has 0 saturated heterocycles. The largest absolute Gasteiger partial charge is 0.370 e. The van der Waals surface area contributed by atoms with E-state index >= 15 is 0 Å². The van der Waals surface area contributed by atoms with Gasteiger partial charge in [0, 0.05) is 6.42 Å². The van der Waals surface area contributed by atoms with Gasteiger partial charge in [-0.1, -0.05) is 52.9 Å². The molecule has 2 N–H and O–H groups in total. The fraction of sp³-hybridized carbons (Fsp3) is 0.923. The second-order valence-electron chi connectivity index (χ2n) is 4.91. The topological polar surface area (TPSA) is 43.1 Å². The normalized spacial score (nSPS) is 14.9. The molecule has 0 bridgehead atoms. The number of nitrogens with two attached hydrogens (primary N) is 1. The predicted molar refractivity (Wildman–Crippen MR) is 65.5 cm³/mol. The van der Waals surface area contributed by atoms with Gasteiger partial charge in [0.2, 0.25) is 5.91 Å². The monoisotopic (exact) mass is 213 g/mol. The third-order valence-corrected chi connectivity index (χ3v) is 3.22. The maximum atomic E-state index is 10.6. The fourth-order valence-electron chi connectivity index (χ4n) is 1.72. The molecule has 0 aliphatic carbocycles. The van der Waals surface area contributed by atoms with Crippen molar-refractivity contribution in [2.75, 3.05) is 0 Å². The molecule has 2 atom stereocenters. The summed E-state index contributed by atoms with van der Waals surface area (Å²) in [5.41, 5.74) is 5.11. The molecular weight excluding hydrogens is 186 g/mol. The molecule has 0 aromatic heterocycles. The Bertz CT molecular complexity index is 168. The molecular formula is C13H27NO. The van der Waals surface area contributed by atoms with Crippen LogP contribution in [0.5, 0.6) is 0 Å². The van der Waals surface area contributed by atoms with Gasteiger partial charge in [-0.25, -0.2) is 0 Å². The average Bonchev–Trinajstić information content (AvgIpc) is 2.21. The van der Waals surface area contributed by atoms with Crippen LogP contribution < -0.4 is 5.73 Å². The van der Waals surface area contributed by atoms with Gasteiger partial charge >= 0.3 is 0 Å². The highest BCUT2D eigenvalue weighted by Gasteiger charge is 2.05. The number of rotatable bonds is 9. The molecule has 0 aromatic rings. The molecule has 1 amide bonds. The summed E-state index contributed by atoms with van der Waals surface area (Å²) in [7, 11) is 0. The number of hydrogen-bond donors (Lipinski definition) is 1. The summed E-state index contributed by atoms with van der Waals surface area (Å²) in [6.45, 7) is 6.78. The molecule has 0 aromatic carbocycles. The molecule has 0 fully saturated rings. The Hall–Kier alpha value is -0.530. The molecule has 0 spiro atoms. The second kappa shape index (κ2) is 8.75. The molecule has 2 unspecified atom stereocenters. The van der Waals surface area contributed by atoms with Gasteiger partial charge in [0.15, 0.2) is 0 Å². The van der Waals surface area contributed by atoms with E-state index in [4.69, 9.17) is 5.73 Å². The lowest BCUT2D eigenvalue weighted by Crippen LogP contribution is -2.11. The lowest BCUT2D eigenvalue weighted by molar-refractivity contribution is -0.118. The van der Waals surface area contributed by atoms with Crippen LogP contribution in [0.3, 0.4) is 0 Å². The van der Waals surface area contributed by atoms with Gasteiger partial charge in [-0.3, -0.25) is 4.79 Å². The average molecular weight is 213 g/mol. The lowest BCUT2D eigenvalue weighted by Gasteiger charge is -2.11. The predicted octanol–water partition coefficient (Wildman–Crippen LogP) is 3.49. The SMILES string of the molecule is CCC(C)CCCCC(C)CCC(N)=O. The van der Waals surface area contributed by atoms with Crippen LogP contribution in [0.25, 0.3) is 0 Å². The van der Waals surface area contributed by atoms with Crippen LogP contribution in [-0.4, -0.2) is 5.91 Å². The van der Waals surface area contributed by atoms with Crippen molar-refractivity contribution < 1.29 is 4.79 Å². The quantitative estimate of drug-likeness (QED) is 0.585. The van der Waals surface area contributed by atoms with Gasteiger partial charge in [0.05, 0.1) is 0 Å². The van der Waals surface area contributed by atoms with Gasteiger partial charge in [0.1, 0.15) is 0 Å². The Labute approximate surface area is 94.6 Å². The van der Waals surface area contributed by atoms with Crippen LogP contribution >= 0.6 is 0 Å². The van der Waals surface area contributed by atoms with Crippen LogP contribution in [0, 0.1) is 11.8 Å². The summed E-state index contributed by atoms with van der Waals surface area (Å²) in [6, 6.07) is 0. The smallest absolute Gasteiger partial charge is 0.217 e. The molecule has 0 aliphatic heterocycles. The number of hydrogen-bond acceptors (Lipinski definition) is 1. The number of amides is 1. The zero-order valence-corrected chi connectivity index (χ0v) is 10.6. The molecule has 0 rings (SSSR count). The molecule has 0 aliphatic rings. The summed E-state index contributed by atoms with van der Waals surface area (Å²) in [4.78, 5) is 10.6. The Morgan fingerprint density at radius 3 is 2.07 bits per heavy atom. The van der Waals surface area contributed by atoms with Crippen LogP contribution in [0.4, 0.5) is 0 Å². The third kappa shape index (κ3) is 9.77. The van der Waals surface area contributed by atoms with Crippen molar-refractivity contribution in [3.05, 3.63) is 0 Å². The van der Waals surface area contributed by atoms with E-state index in [1.54, 1.807) is 0 Å². The highest BCUT2D eigenvalue weighted by molar-refractivity contribution is 5.73. The van der Waals surface area contributed by atoms with E-state index < -0.39 is 0 Å². The summed E-state index contributed by atoms with van der Waals surface area (Å²) in [5.74, 6) is 1.35. The highest BCUT2D eigenvalue weighted by atomic mass is 16.1. The number of unbranched alkanes of at least 4 members (excludes halogenated alkanes) is 1. The second-order valence-corrected chi connectivity index (χ2v) is 4.91. The Kier molecular flexibility index (Phi) is 8.44. The maximum Gasteiger partial charge on any atom is 0.217 e. The minimum absolute atomic E-state index is 0.165. The van der Waals surface area contributed by atoms with Crippen molar-refractivity contribution >= 4 is 5.91 Å². The van der Waals surface area contributed by atoms with E-state index in [2.05, 4.69) is 20.8 Å². The van der Waals surface area contributed by atoms with E-state index in [9.17, 15) is 4.79 Å². The first-order chi connectivity index (χ1) is 7.06. The van der Waals surface area contributed by atoms with Gasteiger partial charge in [-0.2, -0.15) is 0 Å². The maximum absolute atomic E-state index is 10.6. The number of primary amides is 1. The first-order valence-electron chi connectivity index (χ1n) is 6.34. The van der Waals surface area contributed by atoms with Crippen LogP contribution in [0.15, 0.2) is 0 Å². The van der Waals surface area contributed by atoms with Gasteiger partial charge in [-0.05, 0) is 18.3 Å². The van der Waals surface area contributed by atoms with Crippen molar-refractivity contribution in [1.82, 2.24) is 0 Å². The minimum atomic E-state index is -0.165. The first-order valence-corrected chi connectivity index (χ1v) is 6.34. The standard InChI is InChI=1S/C13H27NO/c1-4-11(2)7-5-6-8-12(3)9-10-13(14)15/h11-12H,4-10H2,1-3H3,(H2,14,15). The highest BCUT2D eigenvalue weighted by Crippen LogP contribution is 2.17. The van der Waals surface area contributed by atoms with E-state index in [1.807, 2.05) is 0 Å². The van der Waals surface area contributed by atoms with Gasteiger partial charge in [-0.15, -0.1) is 0 Å².